The fourth-order valence-corrected chi connectivity index (χ4v) is 1.80. The Kier molecular flexibility index (Phi) is 5.74. The number of hydrogen-bond donors (Lipinski definition) is 2. The average Bonchev–Trinajstić information content (AvgIpc) is 2.42. The molecule has 0 heterocycles. The SMILES string of the molecule is CNCCC(N)c1cc(OC)c(OC)cc1OC. The maximum atomic E-state index is 6.16. The molecule has 0 radical (unpaired) electrons. The van der Waals surface area contributed by atoms with Crippen LogP contribution in [0.25, 0.3) is 0 Å². The van der Waals surface area contributed by atoms with E-state index in [1.807, 2.05) is 13.1 Å². The van der Waals surface area contributed by atoms with E-state index in [1.165, 1.54) is 0 Å². The van der Waals surface area contributed by atoms with Gasteiger partial charge in [-0.3, -0.25) is 0 Å². The van der Waals surface area contributed by atoms with Crippen molar-refractivity contribution in [2.75, 3.05) is 34.9 Å². The Labute approximate surface area is 108 Å². The van der Waals surface area contributed by atoms with Gasteiger partial charge in [0, 0.05) is 17.7 Å². The first-order valence-corrected chi connectivity index (χ1v) is 5.88. The van der Waals surface area contributed by atoms with Crippen LogP contribution < -0.4 is 25.3 Å². The second-order valence-corrected chi connectivity index (χ2v) is 3.95. The van der Waals surface area contributed by atoms with Gasteiger partial charge in [-0.1, -0.05) is 0 Å². The van der Waals surface area contributed by atoms with E-state index in [0.29, 0.717) is 11.5 Å². The molecule has 1 atom stereocenters. The van der Waals surface area contributed by atoms with Gasteiger partial charge in [-0.25, -0.2) is 0 Å². The van der Waals surface area contributed by atoms with Crippen LogP contribution in [0.2, 0.25) is 0 Å². The minimum atomic E-state index is -0.104. The smallest absolute Gasteiger partial charge is 0.164 e. The van der Waals surface area contributed by atoms with Gasteiger partial charge in [0.05, 0.1) is 21.3 Å². The van der Waals surface area contributed by atoms with E-state index in [4.69, 9.17) is 19.9 Å². The van der Waals surface area contributed by atoms with Crippen LogP contribution in [-0.2, 0) is 0 Å². The van der Waals surface area contributed by atoms with Gasteiger partial charge in [-0.05, 0) is 26.1 Å². The van der Waals surface area contributed by atoms with Crippen LogP contribution in [0.15, 0.2) is 12.1 Å². The summed E-state index contributed by atoms with van der Waals surface area (Å²) in [7, 11) is 6.72. The number of ether oxygens (including phenoxy) is 3. The van der Waals surface area contributed by atoms with Crippen molar-refractivity contribution in [3.8, 4) is 17.2 Å². The molecule has 0 saturated carbocycles. The first kappa shape index (κ1) is 14.6. The fraction of sp³-hybridized carbons (Fsp3) is 0.538. The van der Waals surface area contributed by atoms with Gasteiger partial charge in [-0.2, -0.15) is 0 Å². The molecule has 3 N–H and O–H groups in total. The topological polar surface area (TPSA) is 65.7 Å². The van der Waals surface area contributed by atoms with Gasteiger partial charge in [-0.15, -0.1) is 0 Å². The molecule has 5 nitrogen and oxygen atoms in total. The highest BCUT2D eigenvalue weighted by Crippen LogP contribution is 2.37. The van der Waals surface area contributed by atoms with Crippen molar-refractivity contribution in [3.05, 3.63) is 17.7 Å². The molecule has 102 valence electrons. The van der Waals surface area contributed by atoms with Gasteiger partial charge >= 0.3 is 0 Å². The van der Waals surface area contributed by atoms with Crippen molar-refractivity contribution >= 4 is 0 Å². The van der Waals surface area contributed by atoms with Gasteiger partial charge in [0.25, 0.3) is 0 Å². The number of rotatable bonds is 7. The minimum absolute atomic E-state index is 0.104. The molecule has 1 aromatic carbocycles. The lowest BCUT2D eigenvalue weighted by molar-refractivity contribution is 0.346. The van der Waals surface area contributed by atoms with Crippen LogP contribution >= 0.6 is 0 Å². The molecule has 0 aliphatic carbocycles. The standard InChI is InChI=1S/C13H22N2O3/c1-15-6-5-10(14)9-7-12(17-3)13(18-4)8-11(9)16-2/h7-8,10,15H,5-6,14H2,1-4H3. The molecule has 0 amide bonds. The maximum Gasteiger partial charge on any atom is 0.164 e. The highest BCUT2D eigenvalue weighted by Gasteiger charge is 2.16. The molecule has 18 heavy (non-hydrogen) atoms. The molecule has 0 aromatic heterocycles. The molecule has 0 bridgehead atoms. The number of nitrogens with one attached hydrogen (secondary N) is 1. The Bertz CT molecular complexity index is 383. The van der Waals surface area contributed by atoms with Gasteiger partial charge < -0.3 is 25.3 Å². The molecule has 5 heteroatoms. The van der Waals surface area contributed by atoms with Gasteiger partial charge in [0.1, 0.15) is 5.75 Å². The number of methoxy groups -OCH3 is 3. The van der Waals surface area contributed by atoms with Crippen molar-refractivity contribution in [1.29, 1.82) is 0 Å². The summed E-state index contributed by atoms with van der Waals surface area (Å²) >= 11 is 0. The molecule has 0 saturated heterocycles. The molecule has 0 fully saturated rings. The van der Waals surface area contributed by atoms with Crippen LogP contribution in [0.1, 0.15) is 18.0 Å². The molecule has 1 rings (SSSR count). The van der Waals surface area contributed by atoms with Crippen LogP contribution in [0.4, 0.5) is 0 Å². The summed E-state index contributed by atoms with van der Waals surface area (Å²) in [5.74, 6) is 2.02. The zero-order valence-electron chi connectivity index (χ0n) is 11.4. The Morgan fingerprint density at radius 1 is 1.06 bits per heavy atom. The predicted octanol–water partition coefficient (Wildman–Crippen LogP) is 1.32. The summed E-state index contributed by atoms with van der Waals surface area (Å²) < 4.78 is 15.9. The Hall–Kier alpha value is -1.46. The third-order valence-corrected chi connectivity index (χ3v) is 2.84. The van der Waals surface area contributed by atoms with Gasteiger partial charge in [0.2, 0.25) is 0 Å². The summed E-state index contributed by atoms with van der Waals surface area (Å²) in [6.07, 6.45) is 0.822. The van der Waals surface area contributed by atoms with Crippen molar-refractivity contribution < 1.29 is 14.2 Å². The number of hydrogen-bond acceptors (Lipinski definition) is 5. The van der Waals surface area contributed by atoms with E-state index < -0.39 is 0 Å². The minimum Gasteiger partial charge on any atom is -0.496 e. The molecule has 1 unspecified atom stereocenters. The predicted molar refractivity (Wildman–Crippen MR) is 71.6 cm³/mol. The summed E-state index contributed by atoms with van der Waals surface area (Å²) in [5.41, 5.74) is 7.08. The van der Waals surface area contributed by atoms with Crippen molar-refractivity contribution in [2.45, 2.75) is 12.5 Å². The second kappa shape index (κ2) is 7.08. The quantitative estimate of drug-likeness (QED) is 0.768. The molecule has 1 aromatic rings. The van der Waals surface area contributed by atoms with E-state index in [-0.39, 0.29) is 6.04 Å². The first-order valence-electron chi connectivity index (χ1n) is 5.88. The van der Waals surface area contributed by atoms with Crippen LogP contribution in [0.3, 0.4) is 0 Å². The van der Waals surface area contributed by atoms with Crippen molar-refractivity contribution in [2.24, 2.45) is 5.73 Å². The van der Waals surface area contributed by atoms with Crippen LogP contribution in [0, 0.1) is 0 Å². The Morgan fingerprint density at radius 3 is 2.11 bits per heavy atom. The summed E-state index contributed by atoms with van der Waals surface area (Å²) in [6.45, 7) is 0.846. The van der Waals surface area contributed by atoms with E-state index in [9.17, 15) is 0 Å². The third kappa shape index (κ3) is 3.27. The van der Waals surface area contributed by atoms with Gasteiger partial charge in [0.15, 0.2) is 11.5 Å². The van der Waals surface area contributed by atoms with E-state index in [0.717, 1.165) is 24.3 Å². The summed E-state index contributed by atoms with van der Waals surface area (Å²) in [6, 6.07) is 3.57. The lowest BCUT2D eigenvalue weighted by Crippen LogP contribution is -2.18. The normalized spacial score (nSPS) is 12.1. The number of nitrogens with two attached hydrogens (primary N) is 1. The first-order chi connectivity index (χ1) is 8.67. The maximum absolute atomic E-state index is 6.16. The van der Waals surface area contributed by atoms with Crippen molar-refractivity contribution in [3.63, 3.8) is 0 Å². The van der Waals surface area contributed by atoms with Crippen LogP contribution in [-0.4, -0.2) is 34.9 Å². The highest BCUT2D eigenvalue weighted by atomic mass is 16.5. The zero-order chi connectivity index (χ0) is 13.5. The lowest BCUT2D eigenvalue weighted by Gasteiger charge is -2.18. The molecule has 0 aliphatic rings. The lowest BCUT2D eigenvalue weighted by atomic mass is 10.0. The monoisotopic (exact) mass is 254 g/mol. The van der Waals surface area contributed by atoms with Crippen molar-refractivity contribution in [1.82, 2.24) is 5.32 Å². The Balaban J connectivity index is 3.08. The third-order valence-electron chi connectivity index (χ3n) is 2.84. The highest BCUT2D eigenvalue weighted by molar-refractivity contribution is 5.51. The fourth-order valence-electron chi connectivity index (χ4n) is 1.80. The largest absolute Gasteiger partial charge is 0.496 e. The summed E-state index contributed by atoms with van der Waals surface area (Å²) in [4.78, 5) is 0. The molecule has 0 aliphatic heterocycles. The van der Waals surface area contributed by atoms with E-state index in [2.05, 4.69) is 5.32 Å². The van der Waals surface area contributed by atoms with E-state index >= 15 is 0 Å². The average molecular weight is 254 g/mol. The Morgan fingerprint density at radius 2 is 1.61 bits per heavy atom. The molecular formula is C13H22N2O3. The molecular weight excluding hydrogens is 232 g/mol. The zero-order valence-corrected chi connectivity index (χ0v) is 11.4. The van der Waals surface area contributed by atoms with E-state index in [1.54, 1.807) is 27.4 Å². The number of benzene rings is 1. The second-order valence-electron chi connectivity index (χ2n) is 3.95. The summed E-state index contributed by atoms with van der Waals surface area (Å²) in [5, 5.41) is 3.08. The van der Waals surface area contributed by atoms with Crippen LogP contribution in [0.5, 0.6) is 17.2 Å². The molecule has 0 spiro atoms.